The first-order chi connectivity index (χ1) is 21.6. The summed E-state index contributed by atoms with van der Waals surface area (Å²) in [4.78, 5) is 51.6. The number of carbonyl (C=O) groups is 4. The zero-order valence-electron chi connectivity index (χ0n) is 28.7. The smallest absolute Gasteiger partial charge is 0.309 e. The van der Waals surface area contributed by atoms with Gasteiger partial charge in [-0.15, -0.1) is 0 Å². The Balaban J connectivity index is 0.00000433. The van der Waals surface area contributed by atoms with Gasteiger partial charge in [0, 0.05) is 0 Å². The fourth-order valence-corrected chi connectivity index (χ4v) is 10.9. The summed E-state index contributed by atoms with van der Waals surface area (Å²) in [5.41, 5.74) is -1.08. The van der Waals surface area contributed by atoms with Gasteiger partial charge >= 0.3 is 23.9 Å². The summed E-state index contributed by atoms with van der Waals surface area (Å²) >= 11 is 0. The van der Waals surface area contributed by atoms with Crippen molar-refractivity contribution < 1.29 is 43.2 Å². The van der Waals surface area contributed by atoms with Crippen LogP contribution in [0, 0.1) is 65.1 Å². The molecule has 7 rings (SSSR count). The summed E-state index contributed by atoms with van der Waals surface area (Å²) in [6.45, 7) is 11.8. The average Bonchev–Trinajstić information content (AvgIpc) is 3.65. The van der Waals surface area contributed by atoms with Gasteiger partial charge in [-0.2, -0.15) is 0 Å². The van der Waals surface area contributed by atoms with Crippen molar-refractivity contribution in [2.75, 3.05) is 6.61 Å². The number of aliphatic hydroxyl groups is 1. The molecule has 0 radical (unpaired) electrons. The molecule has 6 bridgehead atoms. The molecule has 0 spiro atoms. The molecule has 9 nitrogen and oxygen atoms in total. The van der Waals surface area contributed by atoms with E-state index in [2.05, 4.69) is 13.8 Å². The first kappa shape index (κ1) is 49.8. The van der Waals surface area contributed by atoms with E-state index in [-0.39, 0.29) is 99.7 Å². The van der Waals surface area contributed by atoms with Crippen LogP contribution in [-0.4, -0.2) is 59.0 Å². The van der Waals surface area contributed by atoms with E-state index in [4.69, 9.17) is 18.9 Å². The first-order valence-electron chi connectivity index (χ1n) is 18.1. The van der Waals surface area contributed by atoms with Crippen LogP contribution in [0.5, 0.6) is 0 Å². The van der Waals surface area contributed by atoms with E-state index in [1.165, 1.54) is 6.42 Å². The topological polar surface area (TPSA) is 125 Å². The van der Waals surface area contributed by atoms with E-state index in [1.54, 1.807) is 6.92 Å². The van der Waals surface area contributed by atoms with Crippen molar-refractivity contribution in [3.8, 4) is 0 Å². The second kappa shape index (κ2) is 18.9. The molecule has 7 aliphatic rings. The molecular formula is C43H80O9. The van der Waals surface area contributed by atoms with Crippen LogP contribution in [-0.2, 0) is 38.1 Å². The highest BCUT2D eigenvalue weighted by atomic mass is 16.6. The van der Waals surface area contributed by atoms with Crippen LogP contribution >= 0.6 is 0 Å². The minimum Gasteiger partial charge on any atom is -0.462 e. The Bertz CT molecular complexity index is 1160. The summed E-state index contributed by atoms with van der Waals surface area (Å²) in [6, 6.07) is 0. The van der Waals surface area contributed by atoms with Gasteiger partial charge in [-0.3, -0.25) is 19.2 Å². The average molecular weight is 741 g/mol. The zero-order chi connectivity index (χ0) is 33.1. The van der Waals surface area contributed by atoms with Crippen LogP contribution < -0.4 is 0 Å². The molecule has 0 aromatic carbocycles. The van der Waals surface area contributed by atoms with E-state index in [9.17, 15) is 24.3 Å². The number of esters is 4. The number of ether oxygens (including phenoxy) is 4. The lowest BCUT2D eigenvalue weighted by molar-refractivity contribution is -0.208. The van der Waals surface area contributed by atoms with Crippen LogP contribution in [0.3, 0.4) is 0 Å². The monoisotopic (exact) mass is 741 g/mol. The summed E-state index contributed by atoms with van der Waals surface area (Å²) < 4.78 is 22.7. The predicted molar refractivity (Wildman–Crippen MR) is 208 cm³/mol. The van der Waals surface area contributed by atoms with E-state index in [1.807, 2.05) is 20.8 Å². The molecule has 0 amide bonds. The molecule has 9 heteroatoms. The highest BCUT2D eigenvalue weighted by molar-refractivity contribution is 5.77. The van der Waals surface area contributed by atoms with Gasteiger partial charge in [0.25, 0.3) is 0 Å². The molecule has 7 fully saturated rings. The van der Waals surface area contributed by atoms with Crippen molar-refractivity contribution in [2.24, 2.45) is 65.1 Å². The van der Waals surface area contributed by atoms with Crippen LogP contribution in [0.4, 0.5) is 0 Å². The van der Waals surface area contributed by atoms with Gasteiger partial charge in [0.15, 0.2) is 0 Å². The SMILES string of the molecule is C.C.C.C.C.C.CC(CC(CC1C(C)C2CC(C(O)CC(=O)OC(C)(C)C)C1C2)C(=O)OC1(C)C2CC3CC(C2)CC1C3)C(=O)OC1COC(=O)C1. The van der Waals surface area contributed by atoms with Crippen molar-refractivity contribution in [3.05, 3.63) is 0 Å². The Hall–Kier alpha value is -2.16. The maximum Gasteiger partial charge on any atom is 0.309 e. The van der Waals surface area contributed by atoms with Gasteiger partial charge in [-0.25, -0.2) is 0 Å². The Kier molecular flexibility index (Phi) is 18.1. The van der Waals surface area contributed by atoms with E-state index < -0.39 is 41.2 Å². The zero-order valence-corrected chi connectivity index (χ0v) is 28.7. The molecule has 1 aliphatic heterocycles. The predicted octanol–water partition coefficient (Wildman–Crippen LogP) is 9.45. The molecular weight excluding hydrogens is 660 g/mol. The molecule has 6 saturated carbocycles. The Morgan fingerprint density at radius 1 is 0.904 bits per heavy atom. The number of carbonyl (C=O) groups excluding carboxylic acids is 4. The number of hydrogen-bond acceptors (Lipinski definition) is 9. The van der Waals surface area contributed by atoms with Gasteiger partial charge in [0.2, 0.25) is 0 Å². The van der Waals surface area contributed by atoms with E-state index in [0.29, 0.717) is 36.5 Å². The van der Waals surface area contributed by atoms with Crippen molar-refractivity contribution >= 4 is 23.9 Å². The minimum atomic E-state index is -0.789. The number of hydrogen-bond donors (Lipinski definition) is 1. The lowest BCUT2D eigenvalue weighted by Crippen LogP contribution is -2.58. The summed E-state index contributed by atoms with van der Waals surface area (Å²) in [6.07, 6.45) is 7.23. The molecule has 1 saturated heterocycles. The molecule has 1 heterocycles. The Labute approximate surface area is 318 Å². The quantitative estimate of drug-likeness (QED) is 0.163. The normalized spacial score (nSPS) is 36.4. The van der Waals surface area contributed by atoms with Gasteiger partial charge in [-0.05, 0) is 139 Å². The summed E-state index contributed by atoms with van der Waals surface area (Å²) in [5.74, 6) is 0.977. The maximum atomic E-state index is 14.3. The summed E-state index contributed by atoms with van der Waals surface area (Å²) in [7, 11) is 0. The summed E-state index contributed by atoms with van der Waals surface area (Å²) in [5, 5.41) is 11.2. The largest absolute Gasteiger partial charge is 0.462 e. The van der Waals surface area contributed by atoms with E-state index in [0.717, 1.165) is 50.4 Å². The highest BCUT2D eigenvalue weighted by Crippen LogP contribution is 2.61. The van der Waals surface area contributed by atoms with Gasteiger partial charge in [-0.1, -0.05) is 58.4 Å². The van der Waals surface area contributed by atoms with Crippen molar-refractivity contribution in [1.29, 1.82) is 0 Å². The van der Waals surface area contributed by atoms with E-state index >= 15 is 0 Å². The number of cyclic esters (lactones) is 1. The Morgan fingerprint density at radius 3 is 1.98 bits per heavy atom. The molecule has 9 atom stereocenters. The molecule has 6 aliphatic carbocycles. The fourth-order valence-electron chi connectivity index (χ4n) is 10.9. The Morgan fingerprint density at radius 2 is 1.48 bits per heavy atom. The molecule has 0 aromatic rings. The van der Waals surface area contributed by atoms with Gasteiger partial charge < -0.3 is 24.1 Å². The second-order valence-electron chi connectivity index (χ2n) is 17.4. The van der Waals surface area contributed by atoms with Crippen molar-refractivity contribution in [2.45, 2.75) is 180 Å². The van der Waals surface area contributed by atoms with Gasteiger partial charge in [0.1, 0.15) is 23.9 Å². The molecule has 306 valence electrons. The number of rotatable bonds is 11. The van der Waals surface area contributed by atoms with Crippen LogP contribution in [0.15, 0.2) is 0 Å². The van der Waals surface area contributed by atoms with Crippen LogP contribution in [0.1, 0.15) is 157 Å². The third kappa shape index (κ3) is 10.3. The first-order valence-corrected chi connectivity index (χ1v) is 18.1. The molecule has 52 heavy (non-hydrogen) atoms. The second-order valence-corrected chi connectivity index (χ2v) is 17.4. The highest BCUT2D eigenvalue weighted by Gasteiger charge is 2.58. The van der Waals surface area contributed by atoms with Crippen LogP contribution in [0.2, 0.25) is 0 Å². The third-order valence-electron chi connectivity index (χ3n) is 13.1. The third-order valence-corrected chi connectivity index (χ3v) is 13.1. The number of fused-ring (bicyclic) bond motifs is 2. The number of aliphatic hydroxyl groups excluding tert-OH is 1. The molecule has 1 N–H and O–H groups in total. The lowest BCUT2D eigenvalue weighted by atomic mass is 9.50. The maximum absolute atomic E-state index is 14.3. The molecule has 0 aromatic heterocycles. The fraction of sp³-hybridized carbons (Fsp3) is 0.907. The van der Waals surface area contributed by atoms with Crippen molar-refractivity contribution in [3.63, 3.8) is 0 Å². The van der Waals surface area contributed by atoms with Crippen LogP contribution in [0.25, 0.3) is 0 Å². The van der Waals surface area contributed by atoms with Crippen molar-refractivity contribution in [1.82, 2.24) is 0 Å². The standard InChI is InChI=1S/C37H56O9.6CH4/c1-19(34(41)44-27-16-32(39)43-18-27)7-24(35(42)46-37(6)25-9-21-8-22(11-25)12-26(37)10-21)15-28-20(2)23-13-29(28)30(14-23)31(38)17-33(40)45-36(3,4)5;;;;;;/h19-31,38H,7-18H2,1-6H3;6*1H4. The minimum absolute atomic E-state index is 0. The van der Waals surface area contributed by atoms with Gasteiger partial charge in [0.05, 0.1) is 30.8 Å². The lowest BCUT2D eigenvalue weighted by Gasteiger charge is -2.59. The molecule has 9 unspecified atom stereocenters.